The number of rotatable bonds is 3. The van der Waals surface area contributed by atoms with Crippen LogP contribution in [0.3, 0.4) is 0 Å². The van der Waals surface area contributed by atoms with E-state index in [1.54, 1.807) is 4.90 Å². The van der Waals surface area contributed by atoms with Gasteiger partial charge >= 0.3 is 0 Å². The highest BCUT2D eigenvalue weighted by Crippen LogP contribution is 2.35. The summed E-state index contributed by atoms with van der Waals surface area (Å²) in [5.74, 6) is -0.240. The molecule has 0 aromatic rings. The summed E-state index contributed by atoms with van der Waals surface area (Å²) in [6.07, 6.45) is 3.35. The first kappa shape index (κ1) is 15.7. The van der Waals surface area contributed by atoms with Crippen LogP contribution in [0.15, 0.2) is 0 Å². The average molecular weight is 306 g/mol. The summed E-state index contributed by atoms with van der Waals surface area (Å²) >= 11 is 0. The van der Waals surface area contributed by atoms with Crippen LogP contribution in [0.25, 0.3) is 0 Å². The fourth-order valence-electron chi connectivity index (χ4n) is 2.83. The van der Waals surface area contributed by atoms with Crippen molar-refractivity contribution in [2.24, 2.45) is 0 Å². The van der Waals surface area contributed by atoms with Gasteiger partial charge in [-0.05, 0) is 25.7 Å². The Morgan fingerprint density at radius 2 is 2.10 bits per heavy atom. The topological polar surface area (TPSA) is 95.9 Å². The van der Waals surface area contributed by atoms with Gasteiger partial charge < -0.3 is 14.7 Å². The summed E-state index contributed by atoms with van der Waals surface area (Å²) in [6, 6.07) is 0. The van der Waals surface area contributed by atoms with Crippen LogP contribution in [-0.2, 0) is 19.6 Å². The quantitative estimate of drug-likeness (QED) is 0.702. The number of ether oxygens (including phenoxy) is 1. The number of nitrogens with zero attached hydrogens (tertiary/aromatic N) is 1. The highest BCUT2D eigenvalue weighted by atomic mass is 32.2. The van der Waals surface area contributed by atoms with E-state index >= 15 is 0 Å². The van der Waals surface area contributed by atoms with Gasteiger partial charge in [-0.3, -0.25) is 4.79 Å². The molecule has 0 aliphatic carbocycles. The Labute approximate surface area is 119 Å². The zero-order valence-corrected chi connectivity index (χ0v) is 12.5. The molecule has 0 saturated carbocycles. The second-order valence-electron chi connectivity index (χ2n) is 5.55. The highest BCUT2D eigenvalue weighted by Gasteiger charge is 2.44. The van der Waals surface area contributed by atoms with Gasteiger partial charge in [-0.25, -0.2) is 13.1 Å². The van der Waals surface area contributed by atoms with Gasteiger partial charge in [-0.1, -0.05) is 0 Å². The lowest BCUT2D eigenvalue weighted by Crippen LogP contribution is -2.56. The van der Waals surface area contributed by atoms with E-state index in [9.17, 15) is 18.3 Å². The van der Waals surface area contributed by atoms with Crippen LogP contribution in [0, 0.1) is 0 Å². The lowest BCUT2D eigenvalue weighted by Gasteiger charge is -2.46. The van der Waals surface area contributed by atoms with Crippen molar-refractivity contribution in [1.29, 1.82) is 0 Å². The highest BCUT2D eigenvalue weighted by molar-refractivity contribution is 7.88. The maximum Gasteiger partial charge on any atom is 0.237 e. The van der Waals surface area contributed by atoms with Gasteiger partial charge in [-0.15, -0.1) is 0 Å². The van der Waals surface area contributed by atoms with Crippen molar-refractivity contribution < 1.29 is 23.1 Å². The van der Waals surface area contributed by atoms with E-state index in [-0.39, 0.29) is 12.5 Å². The molecule has 0 unspecified atom stereocenters. The van der Waals surface area contributed by atoms with Crippen LogP contribution in [0.5, 0.6) is 0 Å². The van der Waals surface area contributed by atoms with E-state index in [0.29, 0.717) is 32.5 Å². The first-order chi connectivity index (χ1) is 9.32. The predicted molar refractivity (Wildman–Crippen MR) is 72.6 cm³/mol. The van der Waals surface area contributed by atoms with Gasteiger partial charge in [0.15, 0.2) is 0 Å². The molecule has 0 radical (unpaired) electrons. The number of aliphatic hydroxyl groups excluding tert-OH is 1. The largest absolute Gasteiger partial charge is 0.390 e. The normalized spacial score (nSPS) is 26.7. The van der Waals surface area contributed by atoms with Crippen LogP contribution < -0.4 is 4.72 Å². The Hall–Kier alpha value is -0.700. The predicted octanol–water partition coefficient (Wildman–Crippen LogP) is -0.932. The number of hydrogen-bond donors (Lipinski definition) is 2. The third kappa shape index (κ3) is 3.69. The number of sulfonamides is 1. The van der Waals surface area contributed by atoms with Crippen molar-refractivity contribution in [2.75, 3.05) is 32.5 Å². The SMILES string of the molecule is CS(=O)(=O)NCC(=O)N1CCC2(CC1)OCCC[C@@H]2O. The molecule has 1 atom stereocenters. The number of hydrogen-bond acceptors (Lipinski definition) is 5. The monoisotopic (exact) mass is 306 g/mol. The Kier molecular flexibility index (Phi) is 4.68. The minimum atomic E-state index is -3.36. The number of carbonyl (C=O) groups is 1. The van der Waals surface area contributed by atoms with Crippen molar-refractivity contribution in [3.63, 3.8) is 0 Å². The number of carbonyl (C=O) groups excluding carboxylic acids is 1. The summed E-state index contributed by atoms with van der Waals surface area (Å²) < 4.78 is 29.9. The smallest absolute Gasteiger partial charge is 0.237 e. The Morgan fingerprint density at radius 3 is 2.65 bits per heavy atom. The molecular weight excluding hydrogens is 284 g/mol. The summed E-state index contributed by atoms with van der Waals surface area (Å²) in [5, 5.41) is 10.1. The molecule has 0 aromatic carbocycles. The van der Waals surface area contributed by atoms with Crippen molar-refractivity contribution >= 4 is 15.9 Å². The molecule has 2 saturated heterocycles. The van der Waals surface area contributed by atoms with Crippen LogP contribution in [0.1, 0.15) is 25.7 Å². The van der Waals surface area contributed by atoms with Crippen LogP contribution >= 0.6 is 0 Å². The first-order valence-corrected chi connectivity index (χ1v) is 8.76. The molecule has 1 spiro atoms. The van der Waals surface area contributed by atoms with E-state index in [0.717, 1.165) is 19.1 Å². The Balaban J connectivity index is 1.86. The Bertz CT molecular complexity index is 456. The van der Waals surface area contributed by atoms with Crippen molar-refractivity contribution in [3.8, 4) is 0 Å². The van der Waals surface area contributed by atoms with Gasteiger partial charge in [0.05, 0.1) is 24.5 Å². The number of nitrogens with one attached hydrogen (secondary N) is 1. The lowest BCUT2D eigenvalue weighted by molar-refractivity contribution is -0.179. The summed E-state index contributed by atoms with van der Waals surface area (Å²) in [6.45, 7) is 1.42. The zero-order chi connectivity index (χ0) is 14.8. The van der Waals surface area contributed by atoms with Crippen LogP contribution in [0.2, 0.25) is 0 Å². The van der Waals surface area contributed by atoms with E-state index < -0.39 is 21.7 Å². The number of aliphatic hydroxyl groups is 1. The van der Waals surface area contributed by atoms with Gasteiger partial charge in [0.25, 0.3) is 0 Å². The lowest BCUT2D eigenvalue weighted by atomic mass is 9.82. The fourth-order valence-corrected chi connectivity index (χ4v) is 3.21. The van der Waals surface area contributed by atoms with Gasteiger partial charge in [0.2, 0.25) is 15.9 Å². The molecule has 2 fully saturated rings. The minimum absolute atomic E-state index is 0.213. The molecular formula is C12H22N2O5S. The van der Waals surface area contributed by atoms with E-state index in [1.807, 2.05) is 0 Å². The average Bonchev–Trinajstić information content (AvgIpc) is 2.40. The summed E-state index contributed by atoms with van der Waals surface area (Å²) in [7, 11) is -3.36. The molecule has 2 aliphatic heterocycles. The maximum absolute atomic E-state index is 11.9. The molecule has 0 aromatic heterocycles. The Morgan fingerprint density at radius 1 is 1.45 bits per heavy atom. The number of piperidine rings is 1. The molecule has 116 valence electrons. The van der Waals surface area contributed by atoms with Crippen LogP contribution in [-0.4, -0.2) is 68.5 Å². The second-order valence-corrected chi connectivity index (χ2v) is 7.38. The van der Waals surface area contributed by atoms with E-state index in [1.165, 1.54) is 0 Å². The minimum Gasteiger partial charge on any atom is -0.390 e. The fraction of sp³-hybridized carbons (Fsp3) is 0.917. The molecule has 0 bridgehead atoms. The summed E-state index contributed by atoms with van der Waals surface area (Å²) in [5.41, 5.74) is -0.515. The molecule has 2 rings (SSSR count). The molecule has 7 nitrogen and oxygen atoms in total. The maximum atomic E-state index is 11.9. The zero-order valence-electron chi connectivity index (χ0n) is 11.7. The van der Waals surface area contributed by atoms with Crippen molar-refractivity contribution in [3.05, 3.63) is 0 Å². The third-order valence-corrected chi connectivity index (χ3v) is 4.74. The third-order valence-electron chi connectivity index (χ3n) is 4.07. The van der Waals surface area contributed by atoms with Gasteiger partial charge in [-0.2, -0.15) is 0 Å². The summed E-state index contributed by atoms with van der Waals surface area (Å²) in [4.78, 5) is 13.5. The molecule has 2 heterocycles. The number of amides is 1. The van der Waals surface area contributed by atoms with E-state index in [2.05, 4.69) is 4.72 Å². The molecule has 8 heteroatoms. The van der Waals surface area contributed by atoms with E-state index in [4.69, 9.17) is 4.74 Å². The number of likely N-dealkylation sites (tertiary alicyclic amines) is 1. The molecule has 1 amide bonds. The molecule has 20 heavy (non-hydrogen) atoms. The van der Waals surface area contributed by atoms with Crippen LogP contribution in [0.4, 0.5) is 0 Å². The van der Waals surface area contributed by atoms with Gasteiger partial charge in [0, 0.05) is 19.7 Å². The standard InChI is InChI=1S/C12H22N2O5S/c1-20(17,18)13-9-11(16)14-6-4-12(5-7-14)10(15)3-2-8-19-12/h10,13,15H,2-9H2,1H3/t10-/m0/s1. The van der Waals surface area contributed by atoms with Crippen molar-refractivity contribution in [1.82, 2.24) is 9.62 Å². The molecule has 2 aliphatic rings. The molecule has 2 N–H and O–H groups in total. The second kappa shape index (κ2) is 5.97. The first-order valence-electron chi connectivity index (χ1n) is 6.87. The van der Waals surface area contributed by atoms with Gasteiger partial charge in [0.1, 0.15) is 0 Å². The van der Waals surface area contributed by atoms with Crippen molar-refractivity contribution in [2.45, 2.75) is 37.4 Å².